The van der Waals surface area contributed by atoms with Gasteiger partial charge in [-0.05, 0) is 40.2 Å². The molecule has 0 unspecified atom stereocenters. The van der Waals surface area contributed by atoms with Gasteiger partial charge in [0, 0.05) is 27.0 Å². The number of carbonyl (C=O) groups excluding carboxylic acids is 1. The van der Waals surface area contributed by atoms with Gasteiger partial charge in [0.25, 0.3) is 0 Å². The van der Waals surface area contributed by atoms with E-state index < -0.39 is 5.82 Å². The average molecular weight is 362 g/mol. The molecule has 1 nitrogen and oxygen atoms in total. The Morgan fingerprint density at radius 3 is 2.53 bits per heavy atom. The van der Waals surface area contributed by atoms with E-state index in [1.807, 2.05) is 0 Å². The summed E-state index contributed by atoms with van der Waals surface area (Å²) in [5, 5.41) is 0.682. The van der Waals surface area contributed by atoms with Gasteiger partial charge in [-0.1, -0.05) is 35.3 Å². The maximum atomic E-state index is 13.6. The summed E-state index contributed by atoms with van der Waals surface area (Å²) in [5.41, 5.74) is 0.626. The second-order valence-electron chi connectivity index (χ2n) is 3.93. The van der Waals surface area contributed by atoms with Crippen molar-refractivity contribution in [1.29, 1.82) is 0 Å². The fourth-order valence-electron chi connectivity index (χ4n) is 1.63. The Morgan fingerprint density at radius 1 is 1.16 bits per heavy atom. The topological polar surface area (TPSA) is 17.1 Å². The van der Waals surface area contributed by atoms with Gasteiger partial charge in [0.05, 0.1) is 5.02 Å². The quantitative estimate of drug-likeness (QED) is 0.676. The summed E-state index contributed by atoms with van der Waals surface area (Å²) in [6, 6.07) is 9.20. The van der Waals surface area contributed by atoms with E-state index in [1.54, 1.807) is 24.3 Å². The number of hydrogen-bond donors (Lipinski definition) is 0. The molecule has 0 aliphatic rings. The minimum Gasteiger partial charge on any atom is -0.294 e. The zero-order chi connectivity index (χ0) is 14.0. The van der Waals surface area contributed by atoms with E-state index in [0.717, 1.165) is 0 Å². The van der Waals surface area contributed by atoms with Crippen molar-refractivity contribution in [3.63, 3.8) is 0 Å². The van der Waals surface area contributed by atoms with Crippen LogP contribution in [-0.4, -0.2) is 5.78 Å². The predicted molar refractivity (Wildman–Crippen MR) is 78.6 cm³/mol. The van der Waals surface area contributed by atoms with Crippen LogP contribution in [0.15, 0.2) is 40.9 Å². The van der Waals surface area contributed by atoms with E-state index in [9.17, 15) is 9.18 Å². The maximum Gasteiger partial charge on any atom is 0.167 e. The van der Waals surface area contributed by atoms with Crippen molar-refractivity contribution in [2.45, 2.75) is 6.42 Å². The highest BCUT2D eigenvalue weighted by molar-refractivity contribution is 9.10. The van der Waals surface area contributed by atoms with Gasteiger partial charge in [-0.15, -0.1) is 0 Å². The Hall–Kier alpha value is -0.900. The number of carbonyl (C=O) groups is 1. The van der Waals surface area contributed by atoms with Crippen LogP contribution in [0.2, 0.25) is 10.0 Å². The lowest BCUT2D eigenvalue weighted by Crippen LogP contribution is -2.06. The molecule has 0 amide bonds. The van der Waals surface area contributed by atoms with E-state index in [4.69, 9.17) is 23.2 Å². The number of Topliss-reactive ketones (excluding diaryl/α,β-unsaturated/α-hetero) is 1. The Labute approximate surface area is 128 Å². The van der Waals surface area contributed by atoms with Crippen molar-refractivity contribution >= 4 is 44.9 Å². The van der Waals surface area contributed by atoms with Gasteiger partial charge in [-0.3, -0.25) is 4.79 Å². The lowest BCUT2D eigenvalue weighted by atomic mass is 10.0. The molecule has 0 bridgehead atoms. The molecule has 19 heavy (non-hydrogen) atoms. The number of halogens is 4. The molecule has 0 fully saturated rings. The molecule has 2 aromatic rings. The van der Waals surface area contributed by atoms with Crippen LogP contribution in [-0.2, 0) is 6.42 Å². The van der Waals surface area contributed by atoms with Gasteiger partial charge in [0.15, 0.2) is 5.78 Å². The van der Waals surface area contributed by atoms with E-state index in [2.05, 4.69) is 15.9 Å². The molecule has 0 spiro atoms. The van der Waals surface area contributed by atoms with Crippen molar-refractivity contribution < 1.29 is 9.18 Å². The Morgan fingerprint density at radius 2 is 1.89 bits per heavy atom. The Kier molecular flexibility index (Phi) is 4.61. The van der Waals surface area contributed by atoms with Gasteiger partial charge in [0.2, 0.25) is 0 Å². The summed E-state index contributed by atoms with van der Waals surface area (Å²) in [5.74, 6) is -0.717. The first kappa shape index (κ1) is 14.5. The molecular formula is C14H8BrCl2FO. The van der Waals surface area contributed by atoms with Crippen LogP contribution in [0.1, 0.15) is 15.9 Å². The van der Waals surface area contributed by atoms with Crippen molar-refractivity contribution in [2.24, 2.45) is 0 Å². The van der Waals surface area contributed by atoms with Crippen LogP contribution in [0.3, 0.4) is 0 Å². The highest BCUT2D eigenvalue weighted by Gasteiger charge is 2.14. The standard InChI is InChI=1S/C14H8BrCl2FO/c15-10-5-4-8(6-12(10)17)14(19)7-9-11(16)2-1-3-13(9)18/h1-6H,7H2. The number of benzene rings is 2. The van der Waals surface area contributed by atoms with E-state index in [0.29, 0.717) is 15.1 Å². The third-order valence-corrected chi connectivity index (χ3v) is 4.23. The molecule has 0 saturated heterocycles. The summed E-state index contributed by atoms with van der Waals surface area (Å²) in [6.07, 6.45) is -0.0938. The zero-order valence-electron chi connectivity index (χ0n) is 9.59. The SMILES string of the molecule is O=C(Cc1c(F)cccc1Cl)c1ccc(Br)c(Cl)c1. The maximum absolute atomic E-state index is 13.6. The first-order chi connectivity index (χ1) is 8.99. The smallest absolute Gasteiger partial charge is 0.167 e. The molecule has 2 rings (SSSR count). The van der Waals surface area contributed by atoms with Crippen LogP contribution >= 0.6 is 39.1 Å². The third-order valence-electron chi connectivity index (χ3n) is 2.64. The van der Waals surface area contributed by atoms with Crippen LogP contribution in [0.5, 0.6) is 0 Å². The largest absolute Gasteiger partial charge is 0.294 e. The molecule has 0 N–H and O–H groups in total. The molecule has 0 heterocycles. The third kappa shape index (κ3) is 3.35. The second-order valence-corrected chi connectivity index (χ2v) is 5.60. The fourth-order valence-corrected chi connectivity index (χ4v) is 2.29. The summed E-state index contributed by atoms with van der Waals surface area (Å²) in [4.78, 5) is 12.1. The van der Waals surface area contributed by atoms with E-state index >= 15 is 0 Å². The Balaban J connectivity index is 2.28. The molecular weight excluding hydrogens is 354 g/mol. The van der Waals surface area contributed by atoms with Gasteiger partial charge in [-0.25, -0.2) is 4.39 Å². The molecule has 0 aromatic heterocycles. The zero-order valence-corrected chi connectivity index (χ0v) is 12.7. The first-order valence-corrected chi connectivity index (χ1v) is 6.95. The first-order valence-electron chi connectivity index (χ1n) is 5.40. The predicted octanol–water partition coefficient (Wildman–Crippen LogP) is 5.32. The van der Waals surface area contributed by atoms with Gasteiger partial charge in [-0.2, -0.15) is 0 Å². The molecule has 0 atom stereocenters. The average Bonchev–Trinajstić information content (AvgIpc) is 2.37. The van der Waals surface area contributed by atoms with E-state index in [1.165, 1.54) is 12.1 Å². The summed E-state index contributed by atoms with van der Waals surface area (Å²) < 4.78 is 14.3. The van der Waals surface area contributed by atoms with Gasteiger partial charge < -0.3 is 0 Å². The number of hydrogen-bond acceptors (Lipinski definition) is 1. The minimum absolute atomic E-state index is 0.0938. The summed E-state index contributed by atoms with van der Waals surface area (Å²) in [6.45, 7) is 0. The van der Waals surface area contributed by atoms with Crippen LogP contribution in [0, 0.1) is 5.82 Å². The Bertz CT molecular complexity index is 623. The van der Waals surface area contributed by atoms with E-state index in [-0.39, 0.29) is 22.8 Å². The molecule has 0 saturated carbocycles. The number of rotatable bonds is 3. The fraction of sp³-hybridized carbons (Fsp3) is 0.0714. The molecule has 5 heteroatoms. The molecule has 0 radical (unpaired) electrons. The van der Waals surface area contributed by atoms with Gasteiger partial charge >= 0.3 is 0 Å². The van der Waals surface area contributed by atoms with Crippen molar-refractivity contribution in [1.82, 2.24) is 0 Å². The summed E-state index contributed by atoms with van der Waals surface area (Å²) in [7, 11) is 0. The number of ketones is 1. The molecule has 98 valence electrons. The highest BCUT2D eigenvalue weighted by Crippen LogP contribution is 2.25. The lowest BCUT2D eigenvalue weighted by Gasteiger charge is -2.06. The van der Waals surface area contributed by atoms with Gasteiger partial charge in [0.1, 0.15) is 5.82 Å². The molecule has 0 aliphatic heterocycles. The van der Waals surface area contributed by atoms with Crippen LogP contribution < -0.4 is 0 Å². The van der Waals surface area contributed by atoms with Crippen molar-refractivity contribution in [3.8, 4) is 0 Å². The molecule has 0 aliphatic carbocycles. The van der Waals surface area contributed by atoms with Crippen molar-refractivity contribution in [2.75, 3.05) is 0 Å². The second kappa shape index (κ2) is 6.04. The lowest BCUT2D eigenvalue weighted by molar-refractivity contribution is 0.0992. The monoisotopic (exact) mass is 360 g/mol. The highest BCUT2D eigenvalue weighted by atomic mass is 79.9. The molecule has 2 aromatic carbocycles. The van der Waals surface area contributed by atoms with Crippen molar-refractivity contribution in [3.05, 3.63) is 67.9 Å². The van der Waals surface area contributed by atoms with Crippen LogP contribution in [0.4, 0.5) is 4.39 Å². The normalized spacial score (nSPS) is 10.5. The minimum atomic E-state index is -0.482. The van der Waals surface area contributed by atoms with Crippen LogP contribution in [0.25, 0.3) is 0 Å². The summed E-state index contributed by atoms with van der Waals surface area (Å²) >= 11 is 15.1.